The number of rotatable bonds is 8. The third kappa shape index (κ3) is 5.97. The first-order valence-corrected chi connectivity index (χ1v) is 8.46. The van der Waals surface area contributed by atoms with Crippen molar-refractivity contribution in [3.8, 4) is 5.75 Å². The highest BCUT2D eigenvalue weighted by Gasteiger charge is 2.13. The number of hydrogen-bond donors (Lipinski definition) is 1. The van der Waals surface area contributed by atoms with E-state index in [0.717, 1.165) is 28.6 Å². The highest BCUT2D eigenvalue weighted by Crippen LogP contribution is 2.26. The minimum Gasteiger partial charge on any atom is -0.496 e. The van der Waals surface area contributed by atoms with Crippen LogP contribution in [0.5, 0.6) is 5.75 Å². The van der Waals surface area contributed by atoms with Gasteiger partial charge in [0.15, 0.2) is 0 Å². The van der Waals surface area contributed by atoms with Gasteiger partial charge in [-0.05, 0) is 52.4 Å². The van der Waals surface area contributed by atoms with Crippen LogP contribution in [0.2, 0.25) is 0 Å². The van der Waals surface area contributed by atoms with Gasteiger partial charge in [-0.25, -0.2) is 0 Å². The average molecular weight is 371 g/mol. The van der Waals surface area contributed by atoms with Gasteiger partial charge in [0.05, 0.1) is 11.6 Å². The lowest BCUT2D eigenvalue weighted by molar-refractivity contribution is -0.129. The average Bonchev–Trinajstić information content (AvgIpc) is 2.49. The smallest absolute Gasteiger partial charge is 0.222 e. The van der Waals surface area contributed by atoms with Crippen LogP contribution in [0.4, 0.5) is 0 Å². The first-order valence-electron chi connectivity index (χ1n) is 7.67. The number of carbonyl (C=O) groups is 1. The molecule has 1 atom stereocenters. The Morgan fingerprint density at radius 2 is 2.09 bits per heavy atom. The van der Waals surface area contributed by atoms with Crippen LogP contribution in [0, 0.1) is 5.92 Å². The van der Waals surface area contributed by atoms with E-state index in [-0.39, 0.29) is 11.9 Å². The molecule has 1 unspecified atom stereocenters. The summed E-state index contributed by atoms with van der Waals surface area (Å²) in [5.41, 5.74) is 7.14. The van der Waals surface area contributed by atoms with Gasteiger partial charge in [-0.3, -0.25) is 4.79 Å². The van der Waals surface area contributed by atoms with Crippen LogP contribution >= 0.6 is 15.9 Å². The van der Waals surface area contributed by atoms with Crippen LogP contribution in [-0.4, -0.2) is 37.6 Å². The van der Waals surface area contributed by atoms with Crippen molar-refractivity contribution < 1.29 is 9.53 Å². The quantitative estimate of drug-likeness (QED) is 0.764. The predicted octanol–water partition coefficient (Wildman–Crippen LogP) is 3.22. The molecule has 0 spiro atoms. The molecule has 0 radical (unpaired) electrons. The Kier molecular flexibility index (Phi) is 7.90. The zero-order chi connectivity index (χ0) is 16.7. The number of carbonyl (C=O) groups excluding carboxylic acids is 1. The van der Waals surface area contributed by atoms with E-state index in [1.165, 1.54) is 0 Å². The molecule has 0 aliphatic heterocycles. The number of hydrogen-bond acceptors (Lipinski definition) is 3. The molecule has 1 rings (SSSR count). The summed E-state index contributed by atoms with van der Waals surface area (Å²) in [6, 6.07) is 6.05. The summed E-state index contributed by atoms with van der Waals surface area (Å²) in [7, 11) is 3.49. The van der Waals surface area contributed by atoms with E-state index in [9.17, 15) is 4.79 Å². The topological polar surface area (TPSA) is 55.6 Å². The normalized spacial score (nSPS) is 12.3. The van der Waals surface area contributed by atoms with Crippen LogP contribution < -0.4 is 10.5 Å². The molecule has 1 amide bonds. The number of nitrogens with two attached hydrogens (primary N) is 1. The SMILES string of the molecule is COc1ccc(CCC(=O)N(C)CCC(N)C(C)C)cc1Br. The molecule has 1 aromatic rings. The number of benzene rings is 1. The lowest BCUT2D eigenvalue weighted by Gasteiger charge is -2.21. The number of halogens is 1. The highest BCUT2D eigenvalue weighted by molar-refractivity contribution is 9.10. The number of methoxy groups -OCH3 is 1. The van der Waals surface area contributed by atoms with Crippen LogP contribution in [0.3, 0.4) is 0 Å². The molecule has 0 saturated carbocycles. The van der Waals surface area contributed by atoms with Crippen molar-refractivity contribution in [2.75, 3.05) is 20.7 Å². The maximum absolute atomic E-state index is 12.2. The first-order chi connectivity index (χ1) is 10.3. The lowest BCUT2D eigenvalue weighted by Crippen LogP contribution is -2.34. The van der Waals surface area contributed by atoms with E-state index in [2.05, 4.69) is 29.8 Å². The van der Waals surface area contributed by atoms with Gasteiger partial charge in [0.1, 0.15) is 5.75 Å². The summed E-state index contributed by atoms with van der Waals surface area (Å²) < 4.78 is 6.12. The van der Waals surface area contributed by atoms with Gasteiger partial charge in [0, 0.05) is 26.1 Å². The van der Waals surface area contributed by atoms with E-state index in [0.29, 0.717) is 18.9 Å². The summed E-state index contributed by atoms with van der Waals surface area (Å²) in [4.78, 5) is 13.9. The standard InChI is InChI=1S/C17H27BrN2O2/c1-12(2)15(19)9-10-20(3)17(21)8-6-13-5-7-16(22-4)14(18)11-13/h5,7,11-12,15H,6,8-10,19H2,1-4H3. The first kappa shape index (κ1) is 19.0. The van der Waals surface area contributed by atoms with E-state index >= 15 is 0 Å². The van der Waals surface area contributed by atoms with Gasteiger partial charge in [0.25, 0.3) is 0 Å². The van der Waals surface area contributed by atoms with Crippen molar-refractivity contribution in [1.82, 2.24) is 4.90 Å². The largest absolute Gasteiger partial charge is 0.496 e. The van der Waals surface area contributed by atoms with Crippen molar-refractivity contribution in [3.63, 3.8) is 0 Å². The van der Waals surface area contributed by atoms with Crippen molar-refractivity contribution in [2.24, 2.45) is 11.7 Å². The van der Waals surface area contributed by atoms with Crippen molar-refractivity contribution in [1.29, 1.82) is 0 Å². The van der Waals surface area contributed by atoms with E-state index in [4.69, 9.17) is 10.5 Å². The summed E-state index contributed by atoms with van der Waals surface area (Å²) in [5, 5.41) is 0. The van der Waals surface area contributed by atoms with E-state index < -0.39 is 0 Å². The zero-order valence-corrected chi connectivity index (χ0v) is 15.5. The molecule has 22 heavy (non-hydrogen) atoms. The van der Waals surface area contributed by atoms with Gasteiger partial charge in [-0.15, -0.1) is 0 Å². The fourth-order valence-electron chi connectivity index (χ4n) is 2.11. The second-order valence-electron chi connectivity index (χ2n) is 5.98. The maximum Gasteiger partial charge on any atom is 0.222 e. The summed E-state index contributed by atoms with van der Waals surface area (Å²) >= 11 is 3.46. The van der Waals surface area contributed by atoms with E-state index in [1.807, 2.05) is 25.2 Å². The highest BCUT2D eigenvalue weighted by atomic mass is 79.9. The monoisotopic (exact) mass is 370 g/mol. The molecule has 2 N–H and O–H groups in total. The van der Waals surface area contributed by atoms with Crippen molar-refractivity contribution in [3.05, 3.63) is 28.2 Å². The molecule has 1 aromatic carbocycles. The lowest BCUT2D eigenvalue weighted by atomic mass is 10.0. The second kappa shape index (κ2) is 9.16. The molecule has 4 nitrogen and oxygen atoms in total. The molecule has 0 heterocycles. The molecule has 0 aliphatic rings. The fraction of sp³-hybridized carbons (Fsp3) is 0.588. The van der Waals surface area contributed by atoms with Gasteiger partial charge in [0.2, 0.25) is 5.91 Å². The molecule has 5 heteroatoms. The third-order valence-electron chi connectivity index (χ3n) is 3.92. The Morgan fingerprint density at radius 3 is 2.64 bits per heavy atom. The Balaban J connectivity index is 2.43. The summed E-state index contributed by atoms with van der Waals surface area (Å²) in [6.07, 6.45) is 2.07. The molecule has 0 aromatic heterocycles. The van der Waals surface area contributed by atoms with Crippen LogP contribution in [0.1, 0.15) is 32.3 Å². The summed E-state index contributed by atoms with van der Waals surface area (Å²) in [6.45, 7) is 4.92. The number of aryl methyl sites for hydroxylation is 1. The van der Waals surface area contributed by atoms with Crippen LogP contribution in [-0.2, 0) is 11.2 Å². The molecule has 0 saturated heterocycles. The molecule has 0 aliphatic carbocycles. The van der Waals surface area contributed by atoms with Gasteiger partial charge in [-0.1, -0.05) is 19.9 Å². The number of nitrogens with zero attached hydrogens (tertiary/aromatic N) is 1. The molecule has 0 bridgehead atoms. The number of ether oxygens (including phenoxy) is 1. The Bertz CT molecular complexity index is 492. The maximum atomic E-state index is 12.2. The molecular formula is C17H27BrN2O2. The predicted molar refractivity (Wildman–Crippen MR) is 94.1 cm³/mol. The third-order valence-corrected chi connectivity index (χ3v) is 4.54. The molecule has 0 fully saturated rings. The van der Waals surface area contributed by atoms with Crippen LogP contribution in [0.25, 0.3) is 0 Å². The van der Waals surface area contributed by atoms with Gasteiger partial charge in [-0.2, -0.15) is 0 Å². The van der Waals surface area contributed by atoms with Crippen molar-refractivity contribution >= 4 is 21.8 Å². The minimum atomic E-state index is 0.146. The molecule has 124 valence electrons. The minimum absolute atomic E-state index is 0.146. The fourth-order valence-corrected chi connectivity index (χ4v) is 2.70. The van der Waals surface area contributed by atoms with Crippen molar-refractivity contribution in [2.45, 2.75) is 39.2 Å². The van der Waals surface area contributed by atoms with E-state index in [1.54, 1.807) is 12.0 Å². The van der Waals surface area contributed by atoms with Gasteiger partial charge < -0.3 is 15.4 Å². The Labute approximate surface area is 142 Å². The van der Waals surface area contributed by atoms with Gasteiger partial charge >= 0.3 is 0 Å². The van der Waals surface area contributed by atoms with Crippen LogP contribution in [0.15, 0.2) is 22.7 Å². The zero-order valence-electron chi connectivity index (χ0n) is 13.9. The number of amides is 1. The Morgan fingerprint density at radius 1 is 1.41 bits per heavy atom. The summed E-state index contributed by atoms with van der Waals surface area (Å²) in [5.74, 6) is 1.40. The molecular weight excluding hydrogens is 344 g/mol. The Hall–Kier alpha value is -1.07. The second-order valence-corrected chi connectivity index (χ2v) is 6.84.